The number of carbonyl (C=O) groups is 2. The van der Waals surface area contributed by atoms with Gasteiger partial charge in [-0.1, -0.05) is 38.1 Å². The summed E-state index contributed by atoms with van der Waals surface area (Å²) < 4.78 is 16.2. The highest BCUT2D eigenvalue weighted by Gasteiger charge is 2.44. The molecule has 0 heterocycles. The smallest absolute Gasteiger partial charge is 0.316 e. The summed E-state index contributed by atoms with van der Waals surface area (Å²) in [5.74, 6) is 0.669. The van der Waals surface area contributed by atoms with E-state index in [-0.39, 0.29) is 17.7 Å². The topological polar surface area (TPSA) is 85.3 Å². The third-order valence-corrected chi connectivity index (χ3v) is 6.72. The van der Waals surface area contributed by atoms with Crippen molar-refractivity contribution in [3.63, 3.8) is 0 Å². The van der Waals surface area contributed by atoms with Crippen molar-refractivity contribution in [1.82, 2.24) is 4.90 Å². The molecule has 0 aliphatic carbocycles. The number of hydrogen-bond donors (Lipinski definition) is 1. The second kappa shape index (κ2) is 13.3. The largest absolute Gasteiger partial charge is 0.493 e. The number of Topliss-reactive ketones (excluding diaryl/α,β-unsaturated/α-hetero) is 1. The van der Waals surface area contributed by atoms with Crippen LogP contribution in [0, 0.1) is 5.92 Å². The van der Waals surface area contributed by atoms with Crippen molar-refractivity contribution >= 4 is 11.8 Å². The van der Waals surface area contributed by atoms with Crippen LogP contribution in [0.4, 0.5) is 0 Å². The zero-order chi connectivity index (χ0) is 26.0. The van der Waals surface area contributed by atoms with Crippen molar-refractivity contribution in [1.29, 1.82) is 0 Å². The average molecular weight is 486 g/mol. The molecule has 192 valence electrons. The summed E-state index contributed by atoms with van der Waals surface area (Å²) in [6.45, 7) is 5.20. The van der Waals surface area contributed by atoms with Gasteiger partial charge in [0.2, 0.25) is 0 Å². The molecule has 1 atom stereocenters. The van der Waals surface area contributed by atoms with Crippen molar-refractivity contribution in [3.8, 4) is 11.5 Å². The average Bonchev–Trinajstić information content (AvgIpc) is 2.88. The summed E-state index contributed by atoms with van der Waals surface area (Å²) >= 11 is 0. The van der Waals surface area contributed by atoms with Crippen LogP contribution in [0.15, 0.2) is 42.5 Å². The van der Waals surface area contributed by atoms with Gasteiger partial charge in [0.15, 0.2) is 17.3 Å². The lowest BCUT2D eigenvalue weighted by atomic mass is 9.68. The molecule has 0 spiro atoms. The highest BCUT2D eigenvalue weighted by molar-refractivity contribution is 5.97. The van der Waals surface area contributed by atoms with Gasteiger partial charge in [0.25, 0.3) is 0 Å². The summed E-state index contributed by atoms with van der Waals surface area (Å²) in [5.41, 5.74) is 1.62. The molecule has 0 aliphatic rings. The molecule has 0 aromatic heterocycles. The van der Waals surface area contributed by atoms with Crippen LogP contribution in [0.1, 0.15) is 48.2 Å². The molecule has 7 nitrogen and oxygen atoms in total. The predicted octanol–water partition coefficient (Wildman–Crippen LogP) is 3.90. The molecule has 0 amide bonds. The Morgan fingerprint density at radius 1 is 1.00 bits per heavy atom. The number of likely N-dealkylation sites (N-methyl/N-ethyl adjacent to an activating group) is 1. The summed E-state index contributed by atoms with van der Waals surface area (Å²) in [7, 11) is 6.65. The molecular weight excluding hydrogens is 446 g/mol. The molecule has 2 rings (SSSR count). The molecule has 0 fully saturated rings. The van der Waals surface area contributed by atoms with Crippen LogP contribution < -0.4 is 9.47 Å². The first kappa shape index (κ1) is 28.3. The number of ether oxygens (including phenoxy) is 3. The van der Waals surface area contributed by atoms with E-state index in [9.17, 15) is 9.59 Å². The molecule has 0 radical (unpaired) electrons. The standard InChI is InChI=1S/C28H39NO6/c1-20(2)28(27(32)35-6,23-11-12-25(33-4)26(18-23)34-5)14-8-15-29(3)16-13-21-9-7-10-22(17-21)24(31)19-30/h7,9-12,17-18,20,30H,8,13-16,19H2,1-6H3. The monoisotopic (exact) mass is 485 g/mol. The molecule has 35 heavy (non-hydrogen) atoms. The molecule has 0 saturated carbocycles. The SMILES string of the molecule is COC(=O)C(CCCN(C)CCc1cccc(C(=O)CO)c1)(c1ccc(OC)c(OC)c1)C(C)C. The highest BCUT2D eigenvalue weighted by Crippen LogP contribution is 2.41. The molecule has 0 aliphatic heterocycles. The number of aliphatic hydroxyl groups is 1. The fourth-order valence-electron chi connectivity index (χ4n) is 4.57. The van der Waals surface area contributed by atoms with E-state index in [0.717, 1.165) is 37.1 Å². The normalized spacial score (nSPS) is 12.9. The molecule has 1 unspecified atom stereocenters. The van der Waals surface area contributed by atoms with E-state index in [2.05, 4.69) is 4.90 Å². The Morgan fingerprint density at radius 2 is 1.71 bits per heavy atom. The molecule has 7 heteroatoms. The van der Waals surface area contributed by atoms with E-state index in [0.29, 0.717) is 23.5 Å². The number of aliphatic hydroxyl groups excluding tert-OH is 1. The van der Waals surface area contributed by atoms with Crippen LogP contribution in [-0.2, 0) is 21.4 Å². The summed E-state index contributed by atoms with van der Waals surface area (Å²) in [5, 5.41) is 9.09. The number of benzene rings is 2. The second-order valence-electron chi connectivity index (χ2n) is 9.13. The molecule has 0 bridgehead atoms. The number of esters is 1. The maximum atomic E-state index is 13.2. The van der Waals surface area contributed by atoms with Gasteiger partial charge in [-0.25, -0.2) is 0 Å². The van der Waals surface area contributed by atoms with Gasteiger partial charge in [0.05, 0.1) is 26.7 Å². The van der Waals surface area contributed by atoms with Crippen molar-refractivity contribution in [2.45, 2.75) is 38.5 Å². The molecule has 2 aromatic rings. The Kier molecular flexibility index (Phi) is 10.7. The van der Waals surface area contributed by atoms with Gasteiger partial charge in [0.1, 0.15) is 6.61 Å². The lowest BCUT2D eigenvalue weighted by Crippen LogP contribution is -2.42. The number of ketones is 1. The van der Waals surface area contributed by atoms with Gasteiger partial charge in [-0.2, -0.15) is 0 Å². The Hall–Kier alpha value is -2.90. The quantitative estimate of drug-likeness (QED) is 0.321. The first-order valence-corrected chi connectivity index (χ1v) is 12.0. The lowest BCUT2D eigenvalue weighted by Gasteiger charge is -2.36. The van der Waals surface area contributed by atoms with Crippen LogP contribution in [0.3, 0.4) is 0 Å². The molecule has 0 saturated heterocycles. The van der Waals surface area contributed by atoms with Gasteiger partial charge in [-0.15, -0.1) is 0 Å². The molecular formula is C28H39NO6. The van der Waals surface area contributed by atoms with E-state index in [4.69, 9.17) is 19.3 Å². The van der Waals surface area contributed by atoms with Gasteiger partial charge in [-0.05, 0) is 68.1 Å². The number of carbonyl (C=O) groups excluding carboxylic acids is 2. The van der Waals surface area contributed by atoms with E-state index in [1.807, 2.05) is 57.3 Å². The number of methoxy groups -OCH3 is 3. The fraction of sp³-hybridized carbons (Fsp3) is 0.500. The number of hydrogen-bond acceptors (Lipinski definition) is 7. The van der Waals surface area contributed by atoms with E-state index in [1.165, 1.54) is 7.11 Å². The van der Waals surface area contributed by atoms with Crippen molar-refractivity contribution in [2.75, 3.05) is 48.1 Å². The second-order valence-corrected chi connectivity index (χ2v) is 9.13. The molecule has 2 aromatic carbocycles. The van der Waals surface area contributed by atoms with Gasteiger partial charge in [-0.3, -0.25) is 9.59 Å². The summed E-state index contributed by atoms with van der Waals surface area (Å²) in [6, 6.07) is 13.0. The lowest BCUT2D eigenvalue weighted by molar-refractivity contribution is -0.150. The minimum absolute atomic E-state index is 0.00478. The minimum Gasteiger partial charge on any atom is -0.493 e. The number of nitrogens with zero attached hydrogens (tertiary/aromatic N) is 1. The maximum Gasteiger partial charge on any atom is 0.316 e. The van der Waals surface area contributed by atoms with Crippen LogP contribution in [0.5, 0.6) is 11.5 Å². The van der Waals surface area contributed by atoms with Crippen molar-refractivity contribution < 1.29 is 28.9 Å². The zero-order valence-corrected chi connectivity index (χ0v) is 21.8. The third-order valence-electron chi connectivity index (χ3n) is 6.72. The van der Waals surface area contributed by atoms with Gasteiger partial charge in [0, 0.05) is 12.1 Å². The Bertz CT molecular complexity index is 989. The minimum atomic E-state index is -0.811. The Balaban J connectivity index is 2.12. The van der Waals surface area contributed by atoms with E-state index in [1.54, 1.807) is 20.3 Å². The van der Waals surface area contributed by atoms with E-state index >= 15 is 0 Å². The summed E-state index contributed by atoms with van der Waals surface area (Å²) in [6.07, 6.45) is 2.20. The van der Waals surface area contributed by atoms with Crippen molar-refractivity contribution in [2.24, 2.45) is 5.92 Å². The summed E-state index contributed by atoms with van der Waals surface area (Å²) in [4.78, 5) is 27.1. The van der Waals surface area contributed by atoms with Crippen LogP contribution in [-0.4, -0.2) is 69.8 Å². The number of rotatable bonds is 14. The van der Waals surface area contributed by atoms with Crippen LogP contribution in [0.25, 0.3) is 0 Å². The Morgan fingerprint density at radius 3 is 2.31 bits per heavy atom. The first-order chi connectivity index (χ1) is 16.7. The Labute approximate surface area is 209 Å². The van der Waals surface area contributed by atoms with Gasteiger partial charge >= 0.3 is 5.97 Å². The fourth-order valence-corrected chi connectivity index (χ4v) is 4.57. The third kappa shape index (κ3) is 6.83. The zero-order valence-electron chi connectivity index (χ0n) is 21.8. The maximum absolute atomic E-state index is 13.2. The van der Waals surface area contributed by atoms with Crippen molar-refractivity contribution in [3.05, 3.63) is 59.2 Å². The van der Waals surface area contributed by atoms with Crippen LogP contribution >= 0.6 is 0 Å². The first-order valence-electron chi connectivity index (χ1n) is 12.0. The van der Waals surface area contributed by atoms with Crippen LogP contribution in [0.2, 0.25) is 0 Å². The molecule has 1 N–H and O–H groups in total. The van der Waals surface area contributed by atoms with E-state index < -0.39 is 12.0 Å². The predicted molar refractivity (Wildman–Crippen MR) is 136 cm³/mol. The highest BCUT2D eigenvalue weighted by atomic mass is 16.5. The van der Waals surface area contributed by atoms with Gasteiger partial charge < -0.3 is 24.2 Å².